The quantitative estimate of drug-likeness (QED) is 0.663. The van der Waals surface area contributed by atoms with E-state index in [1.807, 2.05) is 59.5 Å². The third kappa shape index (κ3) is 6.04. The smallest absolute Gasteiger partial charge is 0.260 e. The van der Waals surface area contributed by atoms with Gasteiger partial charge in [0.1, 0.15) is 18.1 Å². The Labute approximate surface area is 166 Å². The van der Waals surface area contributed by atoms with Crippen LogP contribution in [0.3, 0.4) is 0 Å². The summed E-state index contributed by atoms with van der Waals surface area (Å²) in [6.07, 6.45) is 6.06. The third-order valence-corrected chi connectivity index (χ3v) is 4.73. The lowest BCUT2D eigenvalue weighted by atomic mass is 10.2. The number of hydrogen-bond acceptors (Lipinski definition) is 4. The highest BCUT2D eigenvalue weighted by molar-refractivity contribution is 5.77. The first-order valence-electron chi connectivity index (χ1n) is 9.58. The molecule has 2 aromatic rings. The van der Waals surface area contributed by atoms with Crippen LogP contribution in [0.25, 0.3) is 0 Å². The minimum Gasteiger partial charge on any atom is -0.489 e. The molecule has 3 rings (SSSR count). The van der Waals surface area contributed by atoms with Crippen molar-refractivity contribution in [2.75, 3.05) is 39.3 Å². The Hall–Kier alpha value is -2.97. The number of amides is 1. The van der Waals surface area contributed by atoms with Crippen LogP contribution in [-0.4, -0.2) is 55.0 Å². The van der Waals surface area contributed by atoms with E-state index in [1.54, 1.807) is 0 Å². The lowest BCUT2D eigenvalue weighted by molar-refractivity contribution is -0.135. The van der Waals surface area contributed by atoms with Crippen molar-refractivity contribution in [3.63, 3.8) is 0 Å². The van der Waals surface area contributed by atoms with Gasteiger partial charge in [0.15, 0.2) is 6.61 Å². The van der Waals surface area contributed by atoms with Gasteiger partial charge in [-0.05, 0) is 29.8 Å². The third-order valence-electron chi connectivity index (χ3n) is 4.73. The summed E-state index contributed by atoms with van der Waals surface area (Å²) in [4.78, 5) is 16.5. The Morgan fingerprint density at radius 3 is 2.21 bits per heavy atom. The molecule has 1 saturated heterocycles. The maximum Gasteiger partial charge on any atom is 0.260 e. The molecule has 0 aromatic heterocycles. The monoisotopic (exact) mass is 378 g/mol. The first kappa shape index (κ1) is 19.8. The predicted molar refractivity (Wildman–Crippen MR) is 109 cm³/mol. The van der Waals surface area contributed by atoms with E-state index in [2.05, 4.69) is 10.8 Å². The van der Waals surface area contributed by atoms with Crippen molar-refractivity contribution >= 4 is 5.91 Å². The van der Waals surface area contributed by atoms with Crippen molar-refractivity contribution in [3.8, 4) is 23.8 Å². The second-order valence-corrected chi connectivity index (χ2v) is 6.71. The first-order chi connectivity index (χ1) is 13.7. The minimum atomic E-state index is 0.0148. The second-order valence-electron chi connectivity index (χ2n) is 6.71. The zero-order valence-electron chi connectivity index (χ0n) is 16.0. The van der Waals surface area contributed by atoms with Gasteiger partial charge in [0, 0.05) is 39.1 Å². The molecule has 146 valence electrons. The van der Waals surface area contributed by atoms with Gasteiger partial charge in [-0.3, -0.25) is 9.69 Å². The van der Waals surface area contributed by atoms with E-state index in [4.69, 9.17) is 15.9 Å². The summed E-state index contributed by atoms with van der Waals surface area (Å²) in [5.41, 5.74) is 1.12. The lowest BCUT2D eigenvalue weighted by Crippen LogP contribution is -2.50. The van der Waals surface area contributed by atoms with Crippen LogP contribution >= 0.6 is 0 Å². The molecule has 0 unspecified atom stereocenters. The molecule has 1 amide bonds. The molecule has 1 aliphatic heterocycles. The molecular formula is C23H26N2O3. The van der Waals surface area contributed by atoms with Crippen LogP contribution in [0.4, 0.5) is 0 Å². The van der Waals surface area contributed by atoms with Crippen LogP contribution < -0.4 is 9.47 Å². The van der Waals surface area contributed by atoms with Gasteiger partial charge >= 0.3 is 0 Å². The highest BCUT2D eigenvalue weighted by Gasteiger charge is 2.20. The molecular weight excluding hydrogens is 352 g/mol. The number of nitrogens with zero attached hydrogens (tertiary/aromatic N) is 2. The molecule has 5 nitrogen and oxygen atoms in total. The molecule has 0 saturated carbocycles. The van der Waals surface area contributed by atoms with E-state index in [9.17, 15) is 4.79 Å². The number of ether oxygens (including phenoxy) is 2. The zero-order chi connectivity index (χ0) is 19.6. The maximum atomic E-state index is 12.3. The number of carbonyl (C=O) groups excluding carboxylic acids is 1. The number of benzene rings is 2. The van der Waals surface area contributed by atoms with Gasteiger partial charge in [-0.25, -0.2) is 0 Å². The van der Waals surface area contributed by atoms with Crippen LogP contribution in [0.5, 0.6) is 11.5 Å². The molecule has 1 aliphatic rings. The van der Waals surface area contributed by atoms with E-state index in [0.717, 1.165) is 50.5 Å². The summed E-state index contributed by atoms with van der Waals surface area (Å²) in [6.45, 7) is 4.63. The van der Waals surface area contributed by atoms with Gasteiger partial charge in [-0.2, -0.15) is 0 Å². The van der Waals surface area contributed by atoms with Crippen LogP contribution in [0.1, 0.15) is 12.0 Å². The maximum absolute atomic E-state index is 12.3. The average Bonchev–Trinajstić information content (AvgIpc) is 2.76. The van der Waals surface area contributed by atoms with Gasteiger partial charge in [0.05, 0.1) is 0 Å². The van der Waals surface area contributed by atoms with Crippen LogP contribution in [-0.2, 0) is 11.4 Å². The first-order valence-corrected chi connectivity index (χ1v) is 9.58. The Kier molecular flexibility index (Phi) is 7.34. The Morgan fingerprint density at radius 1 is 0.929 bits per heavy atom. The normalized spacial score (nSPS) is 14.3. The van der Waals surface area contributed by atoms with Gasteiger partial charge < -0.3 is 14.4 Å². The average molecular weight is 378 g/mol. The van der Waals surface area contributed by atoms with E-state index in [1.165, 1.54) is 0 Å². The van der Waals surface area contributed by atoms with E-state index >= 15 is 0 Å². The Bertz CT molecular complexity index is 776. The topological polar surface area (TPSA) is 42.0 Å². The standard InChI is InChI=1S/C23H26N2O3/c1-2-3-13-24-14-16-25(17-15-24)23(26)19-28-22-11-9-21(10-12-22)27-18-20-7-5-4-6-8-20/h1,4-12H,3,13-19H2. The van der Waals surface area contributed by atoms with E-state index < -0.39 is 0 Å². The van der Waals surface area contributed by atoms with Gasteiger partial charge in [0.2, 0.25) is 0 Å². The lowest BCUT2D eigenvalue weighted by Gasteiger charge is -2.34. The van der Waals surface area contributed by atoms with Crippen LogP contribution in [0.2, 0.25) is 0 Å². The zero-order valence-corrected chi connectivity index (χ0v) is 16.0. The van der Waals surface area contributed by atoms with Crippen molar-refractivity contribution in [1.82, 2.24) is 9.80 Å². The number of hydrogen-bond donors (Lipinski definition) is 0. The summed E-state index contributed by atoms with van der Waals surface area (Å²) >= 11 is 0. The van der Waals surface area contributed by atoms with Crippen molar-refractivity contribution in [2.24, 2.45) is 0 Å². The fraction of sp³-hybridized carbons (Fsp3) is 0.348. The Balaban J connectivity index is 1.39. The van der Waals surface area contributed by atoms with Crippen molar-refractivity contribution < 1.29 is 14.3 Å². The largest absolute Gasteiger partial charge is 0.489 e. The van der Waals surface area contributed by atoms with E-state index in [0.29, 0.717) is 12.4 Å². The minimum absolute atomic E-state index is 0.0148. The van der Waals surface area contributed by atoms with E-state index in [-0.39, 0.29) is 12.5 Å². The fourth-order valence-electron chi connectivity index (χ4n) is 3.05. The summed E-state index contributed by atoms with van der Waals surface area (Å²) < 4.78 is 11.4. The molecule has 28 heavy (non-hydrogen) atoms. The summed E-state index contributed by atoms with van der Waals surface area (Å²) in [5.74, 6) is 4.10. The number of piperazine rings is 1. The summed E-state index contributed by atoms with van der Waals surface area (Å²) in [5, 5.41) is 0. The SMILES string of the molecule is C#CCCN1CCN(C(=O)COc2ccc(OCc3ccccc3)cc2)CC1. The molecule has 0 radical (unpaired) electrons. The summed E-state index contributed by atoms with van der Waals surface area (Å²) in [6, 6.07) is 17.4. The van der Waals surface area contributed by atoms with Crippen molar-refractivity contribution in [2.45, 2.75) is 13.0 Å². The Morgan fingerprint density at radius 2 is 1.57 bits per heavy atom. The fourth-order valence-corrected chi connectivity index (χ4v) is 3.05. The molecule has 2 aromatic carbocycles. The number of carbonyl (C=O) groups is 1. The molecule has 0 spiro atoms. The molecule has 0 bridgehead atoms. The van der Waals surface area contributed by atoms with Crippen molar-refractivity contribution in [1.29, 1.82) is 0 Å². The van der Waals surface area contributed by atoms with Gasteiger partial charge in [-0.15, -0.1) is 12.3 Å². The van der Waals surface area contributed by atoms with Gasteiger partial charge in [-0.1, -0.05) is 30.3 Å². The highest BCUT2D eigenvalue weighted by atomic mass is 16.5. The molecule has 1 fully saturated rings. The predicted octanol–water partition coefficient (Wildman–Crippen LogP) is 2.81. The number of terminal acetylenes is 1. The highest BCUT2D eigenvalue weighted by Crippen LogP contribution is 2.19. The molecule has 0 atom stereocenters. The number of rotatable bonds is 8. The molecule has 1 heterocycles. The van der Waals surface area contributed by atoms with Gasteiger partial charge in [0.25, 0.3) is 5.91 Å². The van der Waals surface area contributed by atoms with Crippen LogP contribution in [0, 0.1) is 12.3 Å². The summed E-state index contributed by atoms with van der Waals surface area (Å²) in [7, 11) is 0. The van der Waals surface area contributed by atoms with Crippen molar-refractivity contribution in [3.05, 3.63) is 60.2 Å². The molecule has 0 aliphatic carbocycles. The van der Waals surface area contributed by atoms with Crippen LogP contribution in [0.15, 0.2) is 54.6 Å². The molecule has 5 heteroatoms. The second kappa shape index (κ2) is 10.4. The molecule has 0 N–H and O–H groups in total.